The van der Waals surface area contributed by atoms with Crippen molar-refractivity contribution in [2.75, 3.05) is 6.54 Å². The molecule has 1 saturated carbocycles. The van der Waals surface area contributed by atoms with Gasteiger partial charge in [-0.05, 0) is 37.8 Å². The number of nitrogens with one attached hydrogen (secondary N) is 1. The van der Waals surface area contributed by atoms with Crippen LogP contribution in [0.2, 0.25) is 0 Å². The Hall–Kier alpha value is -1.35. The van der Waals surface area contributed by atoms with E-state index in [0.29, 0.717) is 6.04 Å². The molecular formula is C14H19N3. The van der Waals surface area contributed by atoms with Crippen molar-refractivity contribution in [3.63, 3.8) is 0 Å². The van der Waals surface area contributed by atoms with E-state index in [9.17, 15) is 0 Å². The highest BCUT2D eigenvalue weighted by atomic mass is 15.1. The van der Waals surface area contributed by atoms with Gasteiger partial charge >= 0.3 is 0 Å². The highest BCUT2D eigenvalue weighted by molar-refractivity contribution is 5.74. The van der Waals surface area contributed by atoms with Gasteiger partial charge in [-0.3, -0.25) is 0 Å². The number of imidazole rings is 1. The van der Waals surface area contributed by atoms with Crippen molar-refractivity contribution in [1.82, 2.24) is 14.9 Å². The third-order valence-corrected chi connectivity index (χ3v) is 3.68. The molecule has 2 aromatic rings. The van der Waals surface area contributed by atoms with E-state index in [4.69, 9.17) is 0 Å². The molecule has 0 amide bonds. The first-order chi connectivity index (χ1) is 8.34. The zero-order valence-electron chi connectivity index (χ0n) is 10.3. The fraction of sp³-hybridized carbons (Fsp3) is 0.500. The molecule has 3 rings (SSSR count). The summed E-state index contributed by atoms with van der Waals surface area (Å²) < 4.78 is 2.22. The van der Waals surface area contributed by atoms with Gasteiger partial charge in [0.15, 0.2) is 0 Å². The van der Waals surface area contributed by atoms with E-state index in [1.807, 2.05) is 12.4 Å². The van der Waals surface area contributed by atoms with Crippen LogP contribution in [-0.4, -0.2) is 22.1 Å². The van der Waals surface area contributed by atoms with Crippen molar-refractivity contribution >= 4 is 11.0 Å². The average molecular weight is 229 g/mol. The van der Waals surface area contributed by atoms with Gasteiger partial charge in [-0.2, -0.15) is 0 Å². The van der Waals surface area contributed by atoms with E-state index < -0.39 is 0 Å². The summed E-state index contributed by atoms with van der Waals surface area (Å²) in [4.78, 5) is 4.40. The van der Waals surface area contributed by atoms with Crippen LogP contribution in [-0.2, 0) is 6.54 Å². The SMILES string of the molecule is CC(NCCn1cnc2ccccc21)C1CC1. The van der Waals surface area contributed by atoms with Crippen molar-refractivity contribution in [3.8, 4) is 0 Å². The van der Waals surface area contributed by atoms with Gasteiger partial charge in [0.2, 0.25) is 0 Å². The van der Waals surface area contributed by atoms with Gasteiger partial charge in [0.05, 0.1) is 17.4 Å². The molecule has 0 aliphatic heterocycles. The molecule has 1 atom stereocenters. The lowest BCUT2D eigenvalue weighted by Gasteiger charge is -2.13. The van der Waals surface area contributed by atoms with Crippen LogP contribution in [0.1, 0.15) is 19.8 Å². The van der Waals surface area contributed by atoms with Crippen LogP contribution in [0.25, 0.3) is 11.0 Å². The Bertz CT molecular complexity index is 499. The molecule has 1 fully saturated rings. The Morgan fingerprint density at radius 1 is 1.41 bits per heavy atom. The largest absolute Gasteiger partial charge is 0.329 e. The van der Waals surface area contributed by atoms with Crippen molar-refractivity contribution < 1.29 is 0 Å². The molecule has 3 nitrogen and oxygen atoms in total. The van der Waals surface area contributed by atoms with Crippen LogP contribution in [0, 0.1) is 5.92 Å². The predicted molar refractivity (Wildman–Crippen MR) is 69.9 cm³/mol. The van der Waals surface area contributed by atoms with Gasteiger partial charge in [-0.25, -0.2) is 4.98 Å². The lowest BCUT2D eigenvalue weighted by atomic mass is 10.2. The van der Waals surface area contributed by atoms with Crippen molar-refractivity contribution in [1.29, 1.82) is 0 Å². The summed E-state index contributed by atoms with van der Waals surface area (Å²) in [6.45, 7) is 4.32. The third kappa shape index (κ3) is 2.34. The number of para-hydroxylation sites is 2. The summed E-state index contributed by atoms with van der Waals surface area (Å²) in [7, 11) is 0. The molecule has 0 saturated heterocycles. The molecule has 3 heteroatoms. The van der Waals surface area contributed by atoms with Gasteiger partial charge in [0.25, 0.3) is 0 Å². The van der Waals surface area contributed by atoms with E-state index in [0.717, 1.165) is 24.5 Å². The maximum Gasteiger partial charge on any atom is 0.0958 e. The van der Waals surface area contributed by atoms with Crippen molar-refractivity contribution in [3.05, 3.63) is 30.6 Å². The van der Waals surface area contributed by atoms with Gasteiger partial charge in [-0.1, -0.05) is 12.1 Å². The molecule has 1 aromatic heterocycles. The molecule has 90 valence electrons. The molecule has 1 aromatic carbocycles. The van der Waals surface area contributed by atoms with Crippen molar-refractivity contribution in [2.24, 2.45) is 5.92 Å². The molecule has 0 spiro atoms. The number of benzene rings is 1. The highest BCUT2D eigenvalue weighted by Gasteiger charge is 2.27. The molecule has 0 radical (unpaired) electrons. The van der Waals surface area contributed by atoms with Gasteiger partial charge in [0.1, 0.15) is 0 Å². The Balaban J connectivity index is 1.60. The second-order valence-corrected chi connectivity index (χ2v) is 5.01. The molecule has 1 N–H and O–H groups in total. The molecule has 1 heterocycles. The Morgan fingerprint density at radius 2 is 2.24 bits per heavy atom. The fourth-order valence-corrected chi connectivity index (χ4v) is 2.36. The van der Waals surface area contributed by atoms with Crippen LogP contribution >= 0.6 is 0 Å². The maximum atomic E-state index is 4.40. The number of hydrogen-bond acceptors (Lipinski definition) is 2. The first kappa shape index (κ1) is 10.8. The number of nitrogens with zero attached hydrogens (tertiary/aromatic N) is 2. The third-order valence-electron chi connectivity index (χ3n) is 3.68. The standard InChI is InChI=1S/C14H19N3/c1-11(12-6-7-12)15-8-9-17-10-16-13-4-2-3-5-14(13)17/h2-5,10-12,15H,6-9H2,1H3. The topological polar surface area (TPSA) is 29.9 Å². The number of hydrogen-bond donors (Lipinski definition) is 1. The van der Waals surface area contributed by atoms with Gasteiger partial charge < -0.3 is 9.88 Å². The van der Waals surface area contributed by atoms with Crippen LogP contribution in [0.3, 0.4) is 0 Å². The van der Waals surface area contributed by atoms with E-state index >= 15 is 0 Å². The van der Waals surface area contributed by atoms with E-state index in [1.165, 1.54) is 18.4 Å². The first-order valence-electron chi connectivity index (χ1n) is 6.48. The summed E-state index contributed by atoms with van der Waals surface area (Å²) in [5.41, 5.74) is 2.32. The molecular weight excluding hydrogens is 210 g/mol. The Labute approximate surface area is 102 Å². The minimum absolute atomic E-state index is 0.671. The van der Waals surface area contributed by atoms with Gasteiger partial charge in [0, 0.05) is 19.1 Å². The van der Waals surface area contributed by atoms with Crippen LogP contribution in [0.4, 0.5) is 0 Å². The summed E-state index contributed by atoms with van der Waals surface area (Å²) in [5, 5.41) is 3.60. The minimum Gasteiger partial charge on any atom is -0.329 e. The van der Waals surface area contributed by atoms with Gasteiger partial charge in [-0.15, -0.1) is 0 Å². The van der Waals surface area contributed by atoms with E-state index in [-0.39, 0.29) is 0 Å². The monoisotopic (exact) mass is 229 g/mol. The highest BCUT2D eigenvalue weighted by Crippen LogP contribution is 2.32. The normalized spacial score (nSPS) is 17.5. The summed E-state index contributed by atoms with van der Waals surface area (Å²) in [6.07, 6.45) is 4.75. The smallest absolute Gasteiger partial charge is 0.0958 e. The van der Waals surface area contributed by atoms with Crippen LogP contribution in [0.5, 0.6) is 0 Å². The number of fused-ring (bicyclic) bond motifs is 1. The van der Waals surface area contributed by atoms with Crippen molar-refractivity contribution in [2.45, 2.75) is 32.4 Å². The molecule has 1 aliphatic rings. The first-order valence-corrected chi connectivity index (χ1v) is 6.48. The summed E-state index contributed by atoms with van der Waals surface area (Å²) in [6, 6.07) is 8.97. The number of rotatable bonds is 5. The average Bonchev–Trinajstić information content (AvgIpc) is 3.12. The molecule has 1 aliphatic carbocycles. The lowest BCUT2D eigenvalue weighted by Crippen LogP contribution is -2.30. The fourth-order valence-electron chi connectivity index (χ4n) is 2.36. The Morgan fingerprint density at radius 3 is 3.06 bits per heavy atom. The molecule has 17 heavy (non-hydrogen) atoms. The zero-order valence-corrected chi connectivity index (χ0v) is 10.3. The van der Waals surface area contributed by atoms with Crippen LogP contribution in [0.15, 0.2) is 30.6 Å². The number of aromatic nitrogens is 2. The molecule has 1 unspecified atom stereocenters. The maximum absolute atomic E-state index is 4.40. The summed E-state index contributed by atoms with van der Waals surface area (Å²) >= 11 is 0. The summed E-state index contributed by atoms with van der Waals surface area (Å²) in [5.74, 6) is 0.925. The Kier molecular flexibility index (Phi) is 2.85. The van der Waals surface area contributed by atoms with Crippen LogP contribution < -0.4 is 5.32 Å². The predicted octanol–water partition coefficient (Wildman–Crippen LogP) is 2.42. The van der Waals surface area contributed by atoms with E-state index in [2.05, 4.69) is 40.0 Å². The second kappa shape index (κ2) is 4.49. The quantitative estimate of drug-likeness (QED) is 0.853. The zero-order chi connectivity index (χ0) is 11.7. The second-order valence-electron chi connectivity index (χ2n) is 5.01. The van der Waals surface area contributed by atoms with E-state index in [1.54, 1.807) is 0 Å². The minimum atomic E-state index is 0.671. The lowest BCUT2D eigenvalue weighted by molar-refractivity contribution is 0.478. The molecule has 0 bridgehead atoms.